The largest absolute Gasteiger partial charge is 0.444 e. The number of nitrogens with one attached hydrogen (secondary N) is 2. The number of ether oxygens (including phenoxy) is 1. The van der Waals surface area contributed by atoms with Gasteiger partial charge in [-0.15, -0.1) is 0 Å². The maximum atomic E-state index is 15.8. The minimum atomic E-state index is -1.29. The molecule has 0 unspecified atom stereocenters. The van der Waals surface area contributed by atoms with E-state index in [4.69, 9.17) is 4.74 Å². The van der Waals surface area contributed by atoms with Crippen LogP contribution in [0.2, 0.25) is 0 Å². The number of halogens is 3. The summed E-state index contributed by atoms with van der Waals surface area (Å²) in [6.07, 6.45) is 0.780. The molecule has 0 aliphatic carbocycles. The quantitative estimate of drug-likeness (QED) is 0.703. The first-order valence-corrected chi connectivity index (χ1v) is 11.0. The molecule has 0 spiro atoms. The maximum Gasteiger partial charge on any atom is 0.410 e. The van der Waals surface area contributed by atoms with Gasteiger partial charge in [0.1, 0.15) is 17.2 Å². The van der Waals surface area contributed by atoms with Crippen LogP contribution in [0.3, 0.4) is 0 Å². The van der Waals surface area contributed by atoms with E-state index in [0.29, 0.717) is 0 Å². The second-order valence-corrected chi connectivity index (χ2v) is 9.98. The molecule has 1 saturated heterocycles. The lowest BCUT2D eigenvalue weighted by atomic mass is 9.71. The lowest BCUT2D eigenvalue weighted by molar-refractivity contribution is 0.0104. The number of nitrogens with zero attached hydrogens (tertiary/aromatic N) is 2. The highest BCUT2D eigenvalue weighted by Crippen LogP contribution is 2.41. The van der Waals surface area contributed by atoms with E-state index in [2.05, 4.69) is 15.6 Å². The topological polar surface area (TPSA) is 83.6 Å². The molecule has 2 N–H and O–H groups in total. The summed E-state index contributed by atoms with van der Waals surface area (Å²) >= 11 is 0. The third-order valence-corrected chi connectivity index (χ3v) is 6.21. The molecule has 0 saturated carbocycles. The fourth-order valence-electron chi connectivity index (χ4n) is 4.30. The molecule has 3 heterocycles. The molecule has 1 aromatic carbocycles. The van der Waals surface area contributed by atoms with Gasteiger partial charge in [-0.2, -0.15) is 0 Å². The van der Waals surface area contributed by atoms with Gasteiger partial charge in [0.25, 0.3) is 5.91 Å². The number of amides is 2. The fourth-order valence-corrected chi connectivity index (χ4v) is 4.30. The summed E-state index contributed by atoms with van der Waals surface area (Å²) in [7, 11) is 0. The molecule has 4 rings (SSSR count). The first-order valence-electron chi connectivity index (χ1n) is 11.0. The van der Waals surface area contributed by atoms with E-state index in [-0.39, 0.29) is 53.7 Å². The van der Waals surface area contributed by atoms with Crippen molar-refractivity contribution in [1.82, 2.24) is 15.2 Å². The minimum absolute atomic E-state index is 0.0119. The van der Waals surface area contributed by atoms with Crippen molar-refractivity contribution < 1.29 is 27.5 Å². The second-order valence-electron chi connectivity index (χ2n) is 9.98. The molecule has 182 valence electrons. The Bertz CT molecular complexity index is 1180. The highest BCUT2D eigenvalue weighted by atomic mass is 19.1. The van der Waals surface area contributed by atoms with E-state index in [9.17, 15) is 14.0 Å². The van der Waals surface area contributed by atoms with E-state index >= 15 is 8.78 Å². The van der Waals surface area contributed by atoms with Crippen molar-refractivity contribution >= 4 is 17.8 Å². The van der Waals surface area contributed by atoms with Gasteiger partial charge in [0.2, 0.25) is 0 Å². The third kappa shape index (κ3) is 4.05. The summed E-state index contributed by atoms with van der Waals surface area (Å²) in [5.41, 5.74) is -2.05. The van der Waals surface area contributed by atoms with E-state index in [1.165, 1.54) is 24.1 Å². The highest BCUT2D eigenvalue weighted by molar-refractivity contribution is 5.98. The number of carbonyl (C=O) groups is 2. The number of hydrogen-bond acceptors (Lipinski definition) is 5. The van der Waals surface area contributed by atoms with Gasteiger partial charge in [-0.05, 0) is 40.7 Å². The number of likely N-dealkylation sites (tertiary alicyclic amines) is 1. The van der Waals surface area contributed by atoms with Crippen LogP contribution in [0.25, 0.3) is 0 Å². The third-order valence-electron chi connectivity index (χ3n) is 6.21. The van der Waals surface area contributed by atoms with Gasteiger partial charge in [-0.3, -0.25) is 4.79 Å². The zero-order valence-electron chi connectivity index (χ0n) is 19.7. The van der Waals surface area contributed by atoms with Crippen molar-refractivity contribution in [2.45, 2.75) is 51.7 Å². The summed E-state index contributed by atoms with van der Waals surface area (Å²) in [5.74, 6) is -2.91. The monoisotopic (exact) mass is 476 g/mol. The van der Waals surface area contributed by atoms with Crippen LogP contribution in [0.1, 0.15) is 54.7 Å². The number of anilines is 1. The predicted octanol–water partition coefficient (Wildman–Crippen LogP) is 3.89. The molecule has 1 fully saturated rings. The van der Waals surface area contributed by atoms with Crippen LogP contribution in [0.15, 0.2) is 18.3 Å². The molecular formula is C24H27F3N4O3. The van der Waals surface area contributed by atoms with Gasteiger partial charge in [-0.1, -0.05) is 6.07 Å². The number of carbonyl (C=O) groups excluding carboxylic acids is 2. The number of benzene rings is 1. The van der Waals surface area contributed by atoms with Gasteiger partial charge in [0, 0.05) is 47.9 Å². The van der Waals surface area contributed by atoms with Gasteiger partial charge in [0.15, 0.2) is 11.6 Å². The van der Waals surface area contributed by atoms with Crippen molar-refractivity contribution in [2.75, 3.05) is 25.0 Å². The number of rotatable bonds is 3. The lowest BCUT2D eigenvalue weighted by Crippen LogP contribution is -2.58. The minimum Gasteiger partial charge on any atom is -0.444 e. The van der Waals surface area contributed by atoms with Crippen LogP contribution in [0, 0.1) is 24.4 Å². The van der Waals surface area contributed by atoms with E-state index < -0.39 is 40.5 Å². The van der Waals surface area contributed by atoms with Crippen molar-refractivity contribution in [3.05, 3.63) is 58.0 Å². The number of pyridine rings is 1. The molecule has 2 aromatic rings. The van der Waals surface area contributed by atoms with Crippen LogP contribution < -0.4 is 10.6 Å². The van der Waals surface area contributed by atoms with Gasteiger partial charge >= 0.3 is 6.09 Å². The summed E-state index contributed by atoms with van der Waals surface area (Å²) in [6.45, 7) is 8.72. The van der Waals surface area contributed by atoms with Gasteiger partial charge < -0.3 is 20.3 Å². The zero-order chi connectivity index (χ0) is 25.0. The number of hydrogen-bond donors (Lipinski definition) is 2. The van der Waals surface area contributed by atoms with Crippen molar-refractivity contribution in [3.63, 3.8) is 0 Å². The van der Waals surface area contributed by atoms with Crippen LogP contribution in [0.4, 0.5) is 23.8 Å². The molecule has 0 radical (unpaired) electrons. The molecule has 7 nitrogen and oxygen atoms in total. The summed E-state index contributed by atoms with van der Waals surface area (Å²) in [4.78, 5) is 30.1. The Balaban J connectivity index is 1.63. The SMILES string of the molecule is Cc1c(F)ccc([C@@]2(C)CNC(=O)c3cnc(NC4CN(C(=O)OC(C)(C)C)C4)c(F)c32)c1F. The smallest absolute Gasteiger partial charge is 0.410 e. The Hall–Kier alpha value is -3.30. The summed E-state index contributed by atoms with van der Waals surface area (Å²) in [6, 6.07) is 2.13. The standard InChI is InChI=1S/C24H27F3N4O3/c1-12-16(25)7-6-15(18(12)26)24(5)11-29-21(32)14-8-28-20(19(27)17(14)24)30-13-9-31(10-13)22(33)34-23(2,3)4/h6-8,13H,9-11H2,1-5H3,(H,28,30)(H,29,32)/t24-/m1/s1. The number of aromatic nitrogens is 1. The van der Waals surface area contributed by atoms with Crippen LogP contribution in [-0.4, -0.2) is 53.2 Å². The molecule has 1 aromatic heterocycles. The Morgan fingerprint density at radius 1 is 1.24 bits per heavy atom. The molecule has 1 atom stereocenters. The highest BCUT2D eigenvalue weighted by Gasteiger charge is 2.43. The van der Waals surface area contributed by atoms with Gasteiger partial charge in [0.05, 0.1) is 11.6 Å². The van der Waals surface area contributed by atoms with Crippen LogP contribution in [0.5, 0.6) is 0 Å². The molecular weight excluding hydrogens is 449 g/mol. The zero-order valence-corrected chi connectivity index (χ0v) is 19.7. The van der Waals surface area contributed by atoms with Gasteiger partial charge in [-0.25, -0.2) is 22.9 Å². The Kier molecular flexibility index (Phi) is 5.73. The first kappa shape index (κ1) is 23.8. The summed E-state index contributed by atoms with van der Waals surface area (Å²) in [5, 5.41) is 5.61. The van der Waals surface area contributed by atoms with Crippen molar-refractivity contribution in [2.24, 2.45) is 0 Å². The van der Waals surface area contributed by atoms with Crippen LogP contribution in [-0.2, 0) is 10.2 Å². The first-order chi connectivity index (χ1) is 15.8. The van der Waals surface area contributed by atoms with Crippen molar-refractivity contribution in [3.8, 4) is 0 Å². The molecule has 2 aliphatic heterocycles. The molecule has 34 heavy (non-hydrogen) atoms. The lowest BCUT2D eigenvalue weighted by Gasteiger charge is -2.41. The second kappa shape index (κ2) is 8.18. The Labute approximate surface area is 195 Å². The predicted molar refractivity (Wildman–Crippen MR) is 119 cm³/mol. The average molecular weight is 476 g/mol. The maximum absolute atomic E-state index is 15.8. The van der Waals surface area contributed by atoms with E-state index in [0.717, 1.165) is 6.07 Å². The molecule has 2 aliphatic rings. The van der Waals surface area contributed by atoms with E-state index in [1.54, 1.807) is 27.7 Å². The van der Waals surface area contributed by atoms with Crippen LogP contribution >= 0.6 is 0 Å². The molecule has 2 amide bonds. The molecule has 10 heteroatoms. The number of fused-ring (bicyclic) bond motifs is 1. The Morgan fingerprint density at radius 2 is 1.91 bits per heavy atom. The normalized spacial score (nSPS) is 20.4. The molecule has 0 bridgehead atoms. The van der Waals surface area contributed by atoms with Crippen molar-refractivity contribution in [1.29, 1.82) is 0 Å². The fraction of sp³-hybridized carbons (Fsp3) is 0.458. The average Bonchev–Trinajstić information content (AvgIpc) is 2.71. The summed E-state index contributed by atoms with van der Waals surface area (Å²) < 4.78 is 50.1. The Morgan fingerprint density at radius 3 is 2.56 bits per heavy atom. The van der Waals surface area contributed by atoms with E-state index in [1.807, 2.05) is 0 Å².